The van der Waals surface area contributed by atoms with E-state index in [4.69, 9.17) is 11.6 Å². The Morgan fingerprint density at radius 3 is 2.47 bits per heavy atom. The summed E-state index contributed by atoms with van der Waals surface area (Å²) >= 11 is 5.97. The third-order valence-corrected chi connectivity index (χ3v) is 2.60. The molecule has 0 bridgehead atoms. The van der Waals surface area contributed by atoms with Crippen LogP contribution in [0.3, 0.4) is 0 Å². The molecule has 0 radical (unpaired) electrons. The highest BCUT2D eigenvalue weighted by molar-refractivity contribution is 6.31. The quantitative estimate of drug-likeness (QED) is 0.775. The first-order chi connectivity index (χ1) is 8.09. The summed E-state index contributed by atoms with van der Waals surface area (Å²) in [5, 5.41) is 13.1. The fourth-order valence-corrected chi connectivity index (χ4v) is 1.53. The Morgan fingerprint density at radius 1 is 1.29 bits per heavy atom. The van der Waals surface area contributed by atoms with Crippen molar-refractivity contribution in [2.75, 3.05) is 6.54 Å². The highest BCUT2D eigenvalue weighted by Crippen LogP contribution is 2.21. The molecule has 0 unspecified atom stereocenters. The summed E-state index contributed by atoms with van der Waals surface area (Å²) in [7, 11) is 0. The van der Waals surface area contributed by atoms with Crippen LogP contribution >= 0.6 is 11.6 Å². The van der Waals surface area contributed by atoms with Crippen molar-refractivity contribution in [3.63, 3.8) is 0 Å². The van der Waals surface area contributed by atoms with Crippen LogP contribution in [0.1, 0.15) is 39.7 Å². The molecule has 0 spiro atoms. The number of phenols is 1. The first-order valence-corrected chi connectivity index (χ1v) is 6.65. The molecule has 17 heavy (non-hydrogen) atoms. The fraction of sp³-hybridized carbons (Fsp3) is 0.571. The molecule has 0 aliphatic rings. The monoisotopic (exact) mass is 257 g/mol. The van der Waals surface area contributed by atoms with E-state index in [1.807, 2.05) is 19.9 Å². The number of hydrogen-bond donors (Lipinski definition) is 2. The number of phenolic OH excluding ortho intramolecular Hbond substituents is 1. The molecule has 1 aromatic carbocycles. The standard InChI is InChI=1S/C12H18ClNO.C2H6/c1-9(2)5-6-14-8-10-3-4-11(15)7-12(10)13;1-2/h3-4,7,9,14-15H,5-6,8H2,1-2H3;1-2H3. The summed E-state index contributed by atoms with van der Waals surface area (Å²) < 4.78 is 0. The van der Waals surface area contributed by atoms with Crippen LogP contribution in [0.25, 0.3) is 0 Å². The fourth-order valence-electron chi connectivity index (χ4n) is 1.29. The summed E-state index contributed by atoms with van der Waals surface area (Å²) in [5.41, 5.74) is 1.03. The lowest BCUT2D eigenvalue weighted by molar-refractivity contribution is 0.475. The van der Waals surface area contributed by atoms with Crippen LogP contribution < -0.4 is 5.32 Å². The summed E-state index contributed by atoms with van der Waals surface area (Å²) in [5.74, 6) is 0.929. The van der Waals surface area contributed by atoms with Crippen LogP contribution in [0.4, 0.5) is 0 Å². The largest absolute Gasteiger partial charge is 0.508 e. The van der Waals surface area contributed by atoms with Crippen LogP contribution in [0.15, 0.2) is 18.2 Å². The second-order valence-corrected chi connectivity index (χ2v) is 4.54. The molecule has 2 N–H and O–H groups in total. The van der Waals surface area contributed by atoms with Gasteiger partial charge in [0.2, 0.25) is 0 Å². The molecule has 0 amide bonds. The molecule has 0 fully saturated rings. The summed E-state index contributed by atoms with van der Waals surface area (Å²) in [6.07, 6.45) is 1.16. The van der Waals surface area contributed by atoms with E-state index in [2.05, 4.69) is 19.2 Å². The van der Waals surface area contributed by atoms with E-state index >= 15 is 0 Å². The van der Waals surface area contributed by atoms with Gasteiger partial charge in [0.15, 0.2) is 0 Å². The van der Waals surface area contributed by atoms with Gasteiger partial charge in [-0.1, -0.05) is 45.4 Å². The van der Waals surface area contributed by atoms with Gasteiger partial charge in [0, 0.05) is 11.6 Å². The van der Waals surface area contributed by atoms with Gasteiger partial charge in [-0.15, -0.1) is 0 Å². The molecular weight excluding hydrogens is 234 g/mol. The number of nitrogens with one attached hydrogen (secondary N) is 1. The SMILES string of the molecule is CC.CC(C)CCNCc1ccc(O)cc1Cl. The third-order valence-electron chi connectivity index (χ3n) is 2.25. The van der Waals surface area contributed by atoms with E-state index in [0.29, 0.717) is 10.9 Å². The van der Waals surface area contributed by atoms with Crippen molar-refractivity contribution in [2.45, 2.75) is 40.7 Å². The molecule has 0 aromatic heterocycles. The first kappa shape index (κ1) is 16.3. The maximum atomic E-state index is 9.18. The van der Waals surface area contributed by atoms with Gasteiger partial charge >= 0.3 is 0 Å². The van der Waals surface area contributed by atoms with Gasteiger partial charge in [-0.2, -0.15) is 0 Å². The number of hydrogen-bond acceptors (Lipinski definition) is 2. The van der Waals surface area contributed by atoms with Gasteiger partial charge < -0.3 is 10.4 Å². The first-order valence-electron chi connectivity index (χ1n) is 6.27. The Hall–Kier alpha value is -0.730. The third kappa shape index (κ3) is 7.24. The highest BCUT2D eigenvalue weighted by atomic mass is 35.5. The maximum Gasteiger partial charge on any atom is 0.117 e. The van der Waals surface area contributed by atoms with Crippen molar-refractivity contribution >= 4 is 11.6 Å². The summed E-state index contributed by atoms with van der Waals surface area (Å²) in [4.78, 5) is 0. The lowest BCUT2D eigenvalue weighted by Crippen LogP contribution is -2.16. The summed E-state index contributed by atoms with van der Waals surface area (Å²) in [6, 6.07) is 5.08. The minimum Gasteiger partial charge on any atom is -0.508 e. The second kappa shape index (κ2) is 9.32. The zero-order chi connectivity index (χ0) is 13.3. The van der Waals surface area contributed by atoms with E-state index in [1.54, 1.807) is 12.1 Å². The highest BCUT2D eigenvalue weighted by Gasteiger charge is 2.01. The van der Waals surface area contributed by atoms with E-state index < -0.39 is 0 Å². The van der Waals surface area contributed by atoms with Crippen LogP contribution in [0, 0.1) is 5.92 Å². The van der Waals surface area contributed by atoms with Crippen molar-refractivity contribution in [1.82, 2.24) is 5.32 Å². The normalized spacial score (nSPS) is 10.0. The molecule has 1 aromatic rings. The van der Waals surface area contributed by atoms with Gasteiger partial charge in [-0.05, 0) is 36.6 Å². The number of rotatable bonds is 5. The average molecular weight is 258 g/mol. The van der Waals surface area contributed by atoms with Crippen LogP contribution in [-0.4, -0.2) is 11.7 Å². The van der Waals surface area contributed by atoms with Crippen LogP contribution in [-0.2, 0) is 6.54 Å². The van der Waals surface area contributed by atoms with E-state index in [-0.39, 0.29) is 5.75 Å². The predicted octanol–water partition coefficient (Wildman–Crippen LogP) is 4.21. The zero-order valence-electron chi connectivity index (χ0n) is 11.3. The van der Waals surface area contributed by atoms with Crippen molar-refractivity contribution in [2.24, 2.45) is 5.92 Å². The Bertz CT molecular complexity index is 313. The van der Waals surface area contributed by atoms with Crippen LogP contribution in [0.5, 0.6) is 5.75 Å². The molecule has 0 saturated carbocycles. The molecule has 0 heterocycles. The minimum atomic E-state index is 0.214. The van der Waals surface area contributed by atoms with E-state index in [1.165, 1.54) is 0 Å². The van der Waals surface area contributed by atoms with Gasteiger partial charge in [0.25, 0.3) is 0 Å². The van der Waals surface area contributed by atoms with Gasteiger partial charge in [0.1, 0.15) is 5.75 Å². The van der Waals surface area contributed by atoms with Gasteiger partial charge in [-0.25, -0.2) is 0 Å². The molecule has 0 saturated heterocycles. The molecule has 0 aliphatic heterocycles. The molecule has 2 nitrogen and oxygen atoms in total. The molecule has 0 atom stereocenters. The van der Waals surface area contributed by atoms with Crippen LogP contribution in [0.2, 0.25) is 5.02 Å². The Morgan fingerprint density at radius 2 is 1.94 bits per heavy atom. The van der Waals surface area contributed by atoms with Crippen molar-refractivity contribution < 1.29 is 5.11 Å². The summed E-state index contributed by atoms with van der Waals surface area (Å²) in [6.45, 7) is 10.2. The second-order valence-electron chi connectivity index (χ2n) is 4.14. The number of halogens is 1. The lowest BCUT2D eigenvalue weighted by Gasteiger charge is -2.08. The Labute approximate surface area is 110 Å². The molecule has 1 rings (SSSR count). The number of benzene rings is 1. The predicted molar refractivity (Wildman–Crippen MR) is 75.6 cm³/mol. The van der Waals surface area contributed by atoms with Crippen molar-refractivity contribution in [3.8, 4) is 5.75 Å². The molecular formula is C14H24ClNO. The average Bonchev–Trinajstić information content (AvgIpc) is 2.29. The zero-order valence-corrected chi connectivity index (χ0v) is 12.0. The van der Waals surface area contributed by atoms with Crippen molar-refractivity contribution in [3.05, 3.63) is 28.8 Å². The molecule has 3 heteroatoms. The maximum absolute atomic E-state index is 9.18. The van der Waals surface area contributed by atoms with Crippen molar-refractivity contribution in [1.29, 1.82) is 0 Å². The number of aromatic hydroxyl groups is 1. The molecule has 98 valence electrons. The smallest absolute Gasteiger partial charge is 0.117 e. The topological polar surface area (TPSA) is 32.3 Å². The van der Waals surface area contributed by atoms with E-state index in [0.717, 1.165) is 25.1 Å². The lowest BCUT2D eigenvalue weighted by atomic mass is 10.1. The van der Waals surface area contributed by atoms with E-state index in [9.17, 15) is 5.11 Å². The molecule has 0 aliphatic carbocycles. The van der Waals surface area contributed by atoms with Gasteiger partial charge in [-0.3, -0.25) is 0 Å². The Balaban J connectivity index is 0.00000121. The Kier molecular flexibility index (Phi) is 8.92. The minimum absolute atomic E-state index is 0.214. The van der Waals surface area contributed by atoms with Gasteiger partial charge in [0.05, 0.1) is 0 Å².